The van der Waals surface area contributed by atoms with Crippen molar-refractivity contribution in [2.24, 2.45) is 5.84 Å². The second kappa shape index (κ2) is 4.75. The largest absolute Gasteiger partial charge is 0.389 e. The fourth-order valence-electron chi connectivity index (χ4n) is 1.91. The standard InChI is InChI=1S/C10H16N4O2/c11-13-10-7(2-1-3-12-10)4-14-5-8(15)9(16)6-14/h1-3,8-9,15-16H,4-6,11H2,(H,12,13). The first-order valence-electron chi connectivity index (χ1n) is 5.19. The third-order valence-electron chi connectivity index (χ3n) is 2.76. The average Bonchev–Trinajstić information content (AvgIpc) is 2.59. The molecular formula is C10H16N4O2. The maximum atomic E-state index is 9.43. The highest BCUT2D eigenvalue weighted by molar-refractivity contribution is 5.42. The molecule has 88 valence electrons. The number of hydrazine groups is 1. The van der Waals surface area contributed by atoms with E-state index in [1.54, 1.807) is 6.20 Å². The Labute approximate surface area is 93.7 Å². The van der Waals surface area contributed by atoms with Crippen molar-refractivity contribution in [3.05, 3.63) is 23.9 Å². The van der Waals surface area contributed by atoms with Gasteiger partial charge in [-0.2, -0.15) is 0 Å². The highest BCUT2D eigenvalue weighted by atomic mass is 16.3. The predicted molar refractivity (Wildman–Crippen MR) is 59.3 cm³/mol. The number of hydrogen-bond acceptors (Lipinski definition) is 6. The smallest absolute Gasteiger partial charge is 0.144 e. The third kappa shape index (κ3) is 2.30. The number of nitrogen functional groups attached to an aromatic ring is 1. The van der Waals surface area contributed by atoms with Crippen molar-refractivity contribution in [2.45, 2.75) is 18.8 Å². The number of aliphatic hydroxyl groups is 2. The number of likely N-dealkylation sites (tertiary alicyclic amines) is 1. The van der Waals surface area contributed by atoms with E-state index in [1.165, 1.54) is 0 Å². The van der Waals surface area contributed by atoms with Gasteiger partial charge in [-0.3, -0.25) is 4.90 Å². The first-order valence-corrected chi connectivity index (χ1v) is 5.19. The number of nitrogens with zero attached hydrogens (tertiary/aromatic N) is 2. The first kappa shape index (κ1) is 11.3. The summed E-state index contributed by atoms with van der Waals surface area (Å²) in [5, 5.41) is 18.9. The van der Waals surface area contributed by atoms with Gasteiger partial charge in [-0.15, -0.1) is 0 Å². The Balaban J connectivity index is 2.04. The number of pyridine rings is 1. The molecule has 1 saturated heterocycles. The van der Waals surface area contributed by atoms with E-state index in [1.807, 2.05) is 17.0 Å². The van der Waals surface area contributed by atoms with Crippen molar-refractivity contribution >= 4 is 5.82 Å². The maximum absolute atomic E-state index is 9.43. The van der Waals surface area contributed by atoms with Crippen LogP contribution in [0.2, 0.25) is 0 Å². The van der Waals surface area contributed by atoms with Crippen molar-refractivity contribution < 1.29 is 10.2 Å². The summed E-state index contributed by atoms with van der Waals surface area (Å²) in [6.45, 7) is 1.56. The van der Waals surface area contributed by atoms with Gasteiger partial charge in [-0.25, -0.2) is 10.8 Å². The second-order valence-corrected chi connectivity index (χ2v) is 3.98. The SMILES string of the molecule is NNc1ncccc1CN1CC(O)C(O)C1. The first-order chi connectivity index (χ1) is 7.70. The van der Waals surface area contributed by atoms with E-state index in [0.717, 1.165) is 5.56 Å². The number of nitrogens with two attached hydrogens (primary N) is 1. The lowest BCUT2D eigenvalue weighted by atomic mass is 10.2. The lowest BCUT2D eigenvalue weighted by Crippen LogP contribution is -2.23. The van der Waals surface area contributed by atoms with Gasteiger partial charge >= 0.3 is 0 Å². The quantitative estimate of drug-likeness (QED) is 0.385. The Hall–Kier alpha value is -1.21. The van der Waals surface area contributed by atoms with Crippen LogP contribution < -0.4 is 11.3 Å². The molecule has 1 fully saturated rings. The summed E-state index contributed by atoms with van der Waals surface area (Å²) < 4.78 is 0. The molecule has 0 aromatic carbocycles. The van der Waals surface area contributed by atoms with Crippen LogP contribution in [-0.4, -0.2) is 45.4 Å². The summed E-state index contributed by atoms with van der Waals surface area (Å²) in [7, 11) is 0. The Bertz CT molecular complexity index is 350. The van der Waals surface area contributed by atoms with Crippen LogP contribution >= 0.6 is 0 Å². The number of hydrogen-bond donors (Lipinski definition) is 4. The van der Waals surface area contributed by atoms with E-state index >= 15 is 0 Å². The second-order valence-electron chi connectivity index (χ2n) is 3.98. The summed E-state index contributed by atoms with van der Waals surface area (Å²) in [4.78, 5) is 6.05. The molecule has 2 atom stereocenters. The minimum absolute atomic E-state index is 0.472. The Morgan fingerprint density at radius 2 is 2.12 bits per heavy atom. The molecule has 0 saturated carbocycles. The van der Waals surface area contributed by atoms with Gasteiger partial charge in [0, 0.05) is 31.4 Å². The van der Waals surface area contributed by atoms with E-state index < -0.39 is 12.2 Å². The molecule has 6 nitrogen and oxygen atoms in total. The van der Waals surface area contributed by atoms with E-state index in [2.05, 4.69) is 10.4 Å². The van der Waals surface area contributed by atoms with Gasteiger partial charge in [0.2, 0.25) is 0 Å². The molecule has 2 unspecified atom stereocenters. The zero-order valence-corrected chi connectivity index (χ0v) is 8.87. The molecule has 2 heterocycles. The number of nitrogens with one attached hydrogen (secondary N) is 1. The van der Waals surface area contributed by atoms with E-state index in [4.69, 9.17) is 5.84 Å². The van der Waals surface area contributed by atoms with Crippen LogP contribution in [0.25, 0.3) is 0 Å². The molecule has 2 rings (SSSR count). The highest BCUT2D eigenvalue weighted by Gasteiger charge is 2.29. The molecule has 6 heteroatoms. The van der Waals surface area contributed by atoms with E-state index in [9.17, 15) is 10.2 Å². The normalized spacial score (nSPS) is 25.9. The van der Waals surface area contributed by atoms with Crippen LogP contribution in [0.5, 0.6) is 0 Å². The van der Waals surface area contributed by atoms with Crippen molar-refractivity contribution in [1.82, 2.24) is 9.88 Å². The average molecular weight is 224 g/mol. The highest BCUT2D eigenvalue weighted by Crippen LogP contribution is 2.17. The van der Waals surface area contributed by atoms with Crippen molar-refractivity contribution in [3.8, 4) is 0 Å². The summed E-state index contributed by atoms with van der Waals surface area (Å²) in [6.07, 6.45) is 0.337. The van der Waals surface area contributed by atoms with Gasteiger partial charge in [-0.1, -0.05) is 6.07 Å². The van der Waals surface area contributed by atoms with Crippen LogP contribution in [0.15, 0.2) is 18.3 Å². The van der Waals surface area contributed by atoms with Crippen molar-refractivity contribution in [3.63, 3.8) is 0 Å². The van der Waals surface area contributed by atoms with Crippen LogP contribution in [0.3, 0.4) is 0 Å². The Kier molecular flexibility index (Phi) is 3.35. The minimum Gasteiger partial charge on any atom is -0.389 e. The van der Waals surface area contributed by atoms with Gasteiger partial charge in [-0.05, 0) is 6.07 Å². The van der Waals surface area contributed by atoms with Gasteiger partial charge in [0.05, 0.1) is 12.2 Å². The maximum Gasteiger partial charge on any atom is 0.144 e. The van der Waals surface area contributed by atoms with Crippen LogP contribution in [0.1, 0.15) is 5.56 Å². The number of aliphatic hydroxyl groups excluding tert-OH is 2. The van der Waals surface area contributed by atoms with Crippen molar-refractivity contribution in [2.75, 3.05) is 18.5 Å². The van der Waals surface area contributed by atoms with Gasteiger partial charge < -0.3 is 15.6 Å². The number of anilines is 1. The van der Waals surface area contributed by atoms with Crippen molar-refractivity contribution in [1.29, 1.82) is 0 Å². The van der Waals surface area contributed by atoms with Crippen LogP contribution in [0.4, 0.5) is 5.82 Å². The van der Waals surface area contributed by atoms with Crippen LogP contribution in [0, 0.1) is 0 Å². The lowest BCUT2D eigenvalue weighted by molar-refractivity contribution is 0.0572. The number of aromatic nitrogens is 1. The lowest BCUT2D eigenvalue weighted by Gasteiger charge is -2.16. The molecule has 0 spiro atoms. The molecule has 1 aromatic heterocycles. The number of β-amino-alcohol motifs (C(OH)–C–C–N with tert-alkyl or cyclic N) is 2. The summed E-state index contributed by atoms with van der Waals surface area (Å²) in [6, 6.07) is 3.75. The van der Waals surface area contributed by atoms with Gasteiger partial charge in [0.15, 0.2) is 0 Å². The fraction of sp³-hybridized carbons (Fsp3) is 0.500. The topological polar surface area (TPSA) is 94.6 Å². The Morgan fingerprint density at radius 3 is 2.75 bits per heavy atom. The molecule has 1 aliphatic rings. The fourth-order valence-corrected chi connectivity index (χ4v) is 1.91. The summed E-state index contributed by atoms with van der Waals surface area (Å²) >= 11 is 0. The van der Waals surface area contributed by atoms with Gasteiger partial charge in [0.25, 0.3) is 0 Å². The van der Waals surface area contributed by atoms with Gasteiger partial charge in [0.1, 0.15) is 5.82 Å². The van der Waals surface area contributed by atoms with Crippen LogP contribution in [-0.2, 0) is 6.54 Å². The predicted octanol–water partition coefficient (Wildman–Crippen LogP) is -1.10. The molecule has 1 aliphatic heterocycles. The molecule has 0 bridgehead atoms. The Morgan fingerprint density at radius 1 is 1.44 bits per heavy atom. The molecule has 5 N–H and O–H groups in total. The molecule has 0 aliphatic carbocycles. The van der Waals surface area contributed by atoms with E-state index in [0.29, 0.717) is 25.5 Å². The number of rotatable bonds is 3. The van der Waals surface area contributed by atoms with E-state index in [-0.39, 0.29) is 0 Å². The summed E-state index contributed by atoms with van der Waals surface area (Å²) in [5.41, 5.74) is 3.48. The minimum atomic E-state index is -0.661. The zero-order chi connectivity index (χ0) is 11.5. The molecular weight excluding hydrogens is 208 g/mol. The molecule has 0 radical (unpaired) electrons. The molecule has 0 amide bonds. The monoisotopic (exact) mass is 224 g/mol. The summed E-state index contributed by atoms with van der Waals surface area (Å²) in [5.74, 6) is 5.97. The third-order valence-corrected chi connectivity index (χ3v) is 2.76. The molecule has 16 heavy (non-hydrogen) atoms. The zero-order valence-electron chi connectivity index (χ0n) is 8.87. The molecule has 1 aromatic rings.